The smallest absolute Gasteiger partial charge is 0.0431 e. The average Bonchev–Trinajstić information content (AvgIpc) is 2.96. The first kappa shape index (κ1) is 21.7. The number of hydrogen-bond acceptors (Lipinski definition) is 1. The van der Waals surface area contributed by atoms with Gasteiger partial charge in [0.2, 0.25) is 0 Å². The zero-order valence-corrected chi connectivity index (χ0v) is 15.4. The maximum atomic E-state index is 9.05. The summed E-state index contributed by atoms with van der Waals surface area (Å²) in [4.78, 5) is 0. The maximum Gasteiger partial charge on any atom is 0.0431 e. The van der Waals surface area contributed by atoms with Crippen LogP contribution in [0.2, 0.25) is 0 Å². The van der Waals surface area contributed by atoms with E-state index in [2.05, 4.69) is 43.4 Å². The van der Waals surface area contributed by atoms with Gasteiger partial charge in [-0.1, -0.05) is 54.5 Å². The molecule has 0 heterocycles. The van der Waals surface area contributed by atoms with E-state index < -0.39 is 0 Å². The van der Waals surface area contributed by atoms with E-state index in [-0.39, 0.29) is 63.0 Å². The number of halogens is 2. The summed E-state index contributed by atoms with van der Waals surface area (Å²) >= 11 is 0. The van der Waals surface area contributed by atoms with E-state index in [1.54, 1.807) is 0 Å². The molecular formula is C15H22Cl2OZr. The molecule has 0 amide bonds. The molecule has 4 heteroatoms. The number of hydrogen-bond donors (Lipinski definition) is 1. The maximum absolute atomic E-state index is 9.05. The molecule has 2 aliphatic carbocycles. The number of allylic oxidation sites excluding steroid dienone is 8. The monoisotopic (exact) mass is 378 g/mol. The minimum Gasteiger partial charge on any atom is -0.396 e. The third-order valence-corrected chi connectivity index (χ3v) is 3.79. The van der Waals surface area contributed by atoms with Gasteiger partial charge >= 0.3 is 0 Å². The van der Waals surface area contributed by atoms with E-state index in [4.69, 9.17) is 5.11 Å². The molecule has 2 aliphatic rings. The van der Waals surface area contributed by atoms with Gasteiger partial charge < -0.3 is 5.11 Å². The molecule has 0 aromatic heterocycles. The van der Waals surface area contributed by atoms with Crippen molar-refractivity contribution in [2.45, 2.75) is 32.6 Å². The Balaban J connectivity index is 0. The molecule has 0 atom stereocenters. The molecule has 0 unspecified atom stereocenters. The van der Waals surface area contributed by atoms with Gasteiger partial charge in [-0.3, -0.25) is 0 Å². The Labute approximate surface area is 147 Å². The second-order valence-corrected chi connectivity index (χ2v) is 4.81. The van der Waals surface area contributed by atoms with Crippen molar-refractivity contribution in [2.75, 3.05) is 6.61 Å². The molecule has 19 heavy (non-hydrogen) atoms. The van der Waals surface area contributed by atoms with Crippen molar-refractivity contribution in [2.24, 2.45) is 5.41 Å². The van der Waals surface area contributed by atoms with E-state index in [0.29, 0.717) is 0 Å². The van der Waals surface area contributed by atoms with Crippen LogP contribution >= 0.6 is 24.8 Å². The zero-order chi connectivity index (χ0) is 11.4. The molecular weight excluding hydrogens is 358 g/mol. The van der Waals surface area contributed by atoms with E-state index in [0.717, 1.165) is 25.7 Å². The molecule has 1 nitrogen and oxygen atoms in total. The van der Waals surface area contributed by atoms with Crippen molar-refractivity contribution in [3.8, 4) is 0 Å². The summed E-state index contributed by atoms with van der Waals surface area (Å²) in [6.45, 7) is 2.61. The molecule has 0 aromatic carbocycles. The summed E-state index contributed by atoms with van der Waals surface area (Å²) in [5.74, 6) is 0. The standard InChI is InChI=1S/C15H20O.2ClH.Zr/c1-15(11-6-12-16,13-7-2-3-8-13)14-9-4-5-10-14;;;/h2-5,7,9,16H,6,8,10-12H2,1H3;2*1H;. The molecule has 0 fully saturated rings. The molecule has 0 saturated carbocycles. The van der Waals surface area contributed by atoms with Gasteiger partial charge in [0.25, 0.3) is 0 Å². The fourth-order valence-corrected chi connectivity index (χ4v) is 2.67. The van der Waals surface area contributed by atoms with Crippen LogP contribution in [-0.2, 0) is 26.2 Å². The van der Waals surface area contributed by atoms with Gasteiger partial charge in [-0.15, -0.1) is 24.8 Å². The fourth-order valence-electron chi connectivity index (χ4n) is 2.67. The first-order valence-corrected chi connectivity index (χ1v) is 6.10. The van der Waals surface area contributed by atoms with Crippen LogP contribution in [-0.4, -0.2) is 11.7 Å². The Bertz CT molecular complexity index is 354. The minimum atomic E-state index is 0. The van der Waals surface area contributed by atoms with E-state index in [1.807, 2.05) is 0 Å². The second-order valence-electron chi connectivity index (χ2n) is 4.81. The van der Waals surface area contributed by atoms with Crippen molar-refractivity contribution in [1.29, 1.82) is 0 Å². The van der Waals surface area contributed by atoms with Gasteiger partial charge in [0.1, 0.15) is 0 Å². The van der Waals surface area contributed by atoms with Crippen LogP contribution in [0.1, 0.15) is 32.6 Å². The van der Waals surface area contributed by atoms with Crippen molar-refractivity contribution in [3.63, 3.8) is 0 Å². The molecule has 0 bridgehead atoms. The topological polar surface area (TPSA) is 20.2 Å². The van der Waals surface area contributed by atoms with Crippen LogP contribution in [0.25, 0.3) is 0 Å². The van der Waals surface area contributed by atoms with Gasteiger partial charge in [0, 0.05) is 38.2 Å². The van der Waals surface area contributed by atoms with Crippen LogP contribution in [0.3, 0.4) is 0 Å². The van der Waals surface area contributed by atoms with Gasteiger partial charge in [-0.05, 0) is 25.7 Å². The summed E-state index contributed by atoms with van der Waals surface area (Å²) in [7, 11) is 0. The number of aliphatic hydroxyl groups excluding tert-OH is 1. The summed E-state index contributed by atoms with van der Waals surface area (Å²) in [6.07, 6.45) is 17.3. The van der Waals surface area contributed by atoms with Crippen molar-refractivity contribution in [1.82, 2.24) is 0 Å². The van der Waals surface area contributed by atoms with Crippen molar-refractivity contribution in [3.05, 3.63) is 47.6 Å². The van der Waals surface area contributed by atoms with Crippen LogP contribution in [0.4, 0.5) is 0 Å². The molecule has 0 aliphatic heterocycles. The Morgan fingerprint density at radius 1 is 1.05 bits per heavy atom. The summed E-state index contributed by atoms with van der Waals surface area (Å²) < 4.78 is 0. The van der Waals surface area contributed by atoms with E-state index in [9.17, 15) is 0 Å². The molecule has 1 N–H and O–H groups in total. The molecule has 2 rings (SSSR count). The third-order valence-electron chi connectivity index (χ3n) is 3.79. The van der Waals surface area contributed by atoms with Crippen LogP contribution in [0.5, 0.6) is 0 Å². The largest absolute Gasteiger partial charge is 0.396 e. The first-order valence-electron chi connectivity index (χ1n) is 6.10. The van der Waals surface area contributed by atoms with Crippen LogP contribution in [0.15, 0.2) is 47.6 Å². The van der Waals surface area contributed by atoms with Gasteiger partial charge in [-0.2, -0.15) is 0 Å². The van der Waals surface area contributed by atoms with E-state index in [1.165, 1.54) is 11.1 Å². The zero-order valence-electron chi connectivity index (χ0n) is 11.3. The van der Waals surface area contributed by atoms with E-state index >= 15 is 0 Å². The first-order chi connectivity index (χ1) is 7.77. The fraction of sp³-hybridized carbons (Fsp3) is 0.467. The van der Waals surface area contributed by atoms with Crippen LogP contribution in [0, 0.1) is 5.41 Å². The quantitative estimate of drug-likeness (QED) is 0.751. The Morgan fingerprint density at radius 2 is 1.53 bits per heavy atom. The van der Waals surface area contributed by atoms with Crippen molar-refractivity contribution >= 4 is 24.8 Å². The second kappa shape index (κ2) is 10.2. The molecule has 0 aromatic rings. The Hall–Kier alpha value is 0.383. The third kappa shape index (κ3) is 5.01. The predicted molar refractivity (Wildman–Crippen MR) is 82.6 cm³/mol. The van der Waals surface area contributed by atoms with Crippen molar-refractivity contribution < 1.29 is 31.3 Å². The number of rotatable bonds is 5. The Kier molecular flexibility index (Phi) is 11.6. The molecule has 0 radical (unpaired) electrons. The van der Waals surface area contributed by atoms with Gasteiger partial charge in [0.15, 0.2) is 0 Å². The Morgan fingerprint density at radius 3 is 1.84 bits per heavy atom. The van der Waals surface area contributed by atoms with Crippen LogP contribution < -0.4 is 0 Å². The summed E-state index contributed by atoms with van der Waals surface area (Å²) in [6, 6.07) is 0. The predicted octanol–water partition coefficient (Wildman–Crippen LogP) is 4.38. The molecule has 0 spiro atoms. The summed E-state index contributed by atoms with van der Waals surface area (Å²) in [5.41, 5.74) is 3.14. The minimum absolute atomic E-state index is 0. The normalized spacial score (nSPS) is 16.1. The molecule has 0 saturated heterocycles. The number of aliphatic hydroxyl groups is 1. The molecule has 106 valence electrons. The average molecular weight is 380 g/mol. The van der Waals surface area contributed by atoms with Gasteiger partial charge in [0.05, 0.1) is 0 Å². The van der Waals surface area contributed by atoms with Gasteiger partial charge in [-0.25, -0.2) is 0 Å². The SMILES string of the molecule is CC(CCCO)(C1=CC=CC1)C1=CC=CC1.Cl.Cl.[Zr]. The summed E-state index contributed by atoms with van der Waals surface area (Å²) in [5, 5.41) is 9.05.